The van der Waals surface area contributed by atoms with Crippen LogP contribution in [0.1, 0.15) is 11.4 Å². The van der Waals surface area contributed by atoms with E-state index in [0.717, 1.165) is 22.8 Å². The summed E-state index contributed by atoms with van der Waals surface area (Å²) in [4.78, 5) is 4.42. The van der Waals surface area contributed by atoms with Crippen molar-refractivity contribution in [2.75, 3.05) is 0 Å². The Kier molecular flexibility index (Phi) is 2.92. The topological polar surface area (TPSA) is 41.6 Å². The van der Waals surface area contributed by atoms with Gasteiger partial charge in [-0.05, 0) is 31.2 Å². The van der Waals surface area contributed by atoms with Crippen molar-refractivity contribution < 1.29 is 4.39 Å². The fourth-order valence-electron chi connectivity index (χ4n) is 1.74. The summed E-state index contributed by atoms with van der Waals surface area (Å²) >= 11 is 0. The molecule has 1 aromatic carbocycles. The number of nitriles is 1. The summed E-state index contributed by atoms with van der Waals surface area (Å²) in [5, 5.41) is 8.70. The van der Waals surface area contributed by atoms with Gasteiger partial charge in [-0.2, -0.15) is 5.26 Å². The van der Waals surface area contributed by atoms with E-state index in [1.165, 1.54) is 12.1 Å². The van der Waals surface area contributed by atoms with Gasteiger partial charge >= 0.3 is 0 Å². The molecule has 1 aromatic heterocycles. The minimum absolute atomic E-state index is 0.267. The number of aromatic nitrogens is 2. The average molecular weight is 229 g/mol. The van der Waals surface area contributed by atoms with Crippen LogP contribution < -0.4 is 0 Å². The molecule has 0 spiro atoms. The third-order valence-electron chi connectivity index (χ3n) is 2.83. The van der Waals surface area contributed by atoms with E-state index in [-0.39, 0.29) is 5.82 Å². The highest BCUT2D eigenvalue weighted by molar-refractivity contribution is 5.56. The van der Waals surface area contributed by atoms with Crippen LogP contribution in [0.2, 0.25) is 0 Å². The maximum absolute atomic E-state index is 12.8. The fraction of sp³-hybridized carbons (Fsp3) is 0.231. The zero-order valence-corrected chi connectivity index (χ0v) is 9.74. The molecule has 2 rings (SSSR count). The molecule has 0 unspecified atom stereocenters. The lowest BCUT2D eigenvalue weighted by Crippen LogP contribution is -1.95. The van der Waals surface area contributed by atoms with Gasteiger partial charge in [-0.3, -0.25) is 0 Å². The number of imidazole rings is 1. The summed E-state index contributed by atoms with van der Waals surface area (Å²) in [6, 6.07) is 8.28. The largest absolute Gasteiger partial charge is 0.331 e. The smallest absolute Gasteiger partial charge is 0.140 e. The van der Waals surface area contributed by atoms with Gasteiger partial charge in [0.1, 0.15) is 11.6 Å². The van der Waals surface area contributed by atoms with Crippen LogP contribution in [0, 0.1) is 24.1 Å². The van der Waals surface area contributed by atoms with E-state index < -0.39 is 0 Å². The zero-order valence-electron chi connectivity index (χ0n) is 9.74. The van der Waals surface area contributed by atoms with Crippen molar-refractivity contribution in [2.45, 2.75) is 13.3 Å². The molecule has 0 aliphatic rings. The Bertz CT molecular complexity index is 576. The number of halogens is 1. The van der Waals surface area contributed by atoms with Gasteiger partial charge in [0.15, 0.2) is 0 Å². The van der Waals surface area contributed by atoms with E-state index in [4.69, 9.17) is 5.26 Å². The molecule has 3 nitrogen and oxygen atoms in total. The molecule has 4 heteroatoms. The Hall–Kier alpha value is -2.15. The summed E-state index contributed by atoms with van der Waals surface area (Å²) in [7, 11) is 1.89. The van der Waals surface area contributed by atoms with Gasteiger partial charge in [-0.15, -0.1) is 0 Å². The van der Waals surface area contributed by atoms with Crippen molar-refractivity contribution in [3.63, 3.8) is 0 Å². The maximum atomic E-state index is 12.8. The van der Waals surface area contributed by atoms with Gasteiger partial charge in [0.2, 0.25) is 0 Å². The molecule has 0 saturated heterocycles. The van der Waals surface area contributed by atoms with Gasteiger partial charge in [0.05, 0.1) is 18.2 Å². The summed E-state index contributed by atoms with van der Waals surface area (Å²) in [6.07, 6.45) is 0.293. The third kappa shape index (κ3) is 2.04. The Morgan fingerprint density at radius 2 is 2.00 bits per heavy atom. The minimum Gasteiger partial charge on any atom is -0.331 e. The molecule has 0 amide bonds. The van der Waals surface area contributed by atoms with Crippen LogP contribution in [0.3, 0.4) is 0 Å². The SMILES string of the molecule is Cc1c(CC#N)nc(-c2ccc(F)cc2)n1C. The number of benzene rings is 1. The van der Waals surface area contributed by atoms with E-state index >= 15 is 0 Å². The molecule has 0 atom stereocenters. The van der Waals surface area contributed by atoms with Crippen molar-refractivity contribution in [2.24, 2.45) is 7.05 Å². The van der Waals surface area contributed by atoms with Crippen LogP contribution in [0.4, 0.5) is 4.39 Å². The Labute approximate surface area is 99.1 Å². The highest BCUT2D eigenvalue weighted by Crippen LogP contribution is 2.21. The molecule has 2 aromatic rings. The van der Waals surface area contributed by atoms with Crippen LogP contribution in [0.5, 0.6) is 0 Å². The molecule has 86 valence electrons. The quantitative estimate of drug-likeness (QED) is 0.794. The first kappa shape index (κ1) is 11.3. The number of rotatable bonds is 2. The molecule has 0 aliphatic heterocycles. The first-order chi connectivity index (χ1) is 8.13. The maximum Gasteiger partial charge on any atom is 0.140 e. The van der Waals surface area contributed by atoms with Crippen LogP contribution >= 0.6 is 0 Å². The van der Waals surface area contributed by atoms with E-state index in [1.807, 2.05) is 18.5 Å². The molecule has 0 fully saturated rings. The first-order valence-electron chi connectivity index (χ1n) is 5.28. The van der Waals surface area contributed by atoms with Crippen molar-refractivity contribution in [1.29, 1.82) is 5.26 Å². The number of hydrogen-bond donors (Lipinski definition) is 0. The van der Waals surface area contributed by atoms with Crippen molar-refractivity contribution in [3.05, 3.63) is 41.5 Å². The monoisotopic (exact) mass is 229 g/mol. The lowest BCUT2D eigenvalue weighted by Gasteiger charge is -2.02. The minimum atomic E-state index is -0.267. The fourth-order valence-corrected chi connectivity index (χ4v) is 1.74. The molecular weight excluding hydrogens is 217 g/mol. The first-order valence-corrected chi connectivity index (χ1v) is 5.28. The Morgan fingerprint density at radius 3 is 2.59 bits per heavy atom. The highest BCUT2D eigenvalue weighted by atomic mass is 19.1. The van der Waals surface area contributed by atoms with Crippen molar-refractivity contribution in [3.8, 4) is 17.5 Å². The number of hydrogen-bond acceptors (Lipinski definition) is 2. The van der Waals surface area contributed by atoms with Crippen LogP contribution in [-0.4, -0.2) is 9.55 Å². The molecule has 0 N–H and O–H groups in total. The lowest BCUT2D eigenvalue weighted by molar-refractivity contribution is 0.628. The predicted octanol–water partition coefficient (Wildman–Crippen LogP) is 2.60. The normalized spacial score (nSPS) is 10.2. The molecule has 1 heterocycles. The second kappa shape index (κ2) is 4.38. The second-order valence-electron chi connectivity index (χ2n) is 3.87. The van der Waals surface area contributed by atoms with E-state index in [1.54, 1.807) is 12.1 Å². The summed E-state index contributed by atoms with van der Waals surface area (Å²) < 4.78 is 14.8. The molecule has 0 aliphatic carbocycles. The lowest BCUT2D eigenvalue weighted by atomic mass is 10.2. The van der Waals surface area contributed by atoms with E-state index in [9.17, 15) is 4.39 Å². The molecule has 0 bridgehead atoms. The van der Waals surface area contributed by atoms with Crippen molar-refractivity contribution >= 4 is 0 Å². The predicted molar refractivity (Wildman–Crippen MR) is 62.7 cm³/mol. The van der Waals surface area contributed by atoms with Gasteiger partial charge in [0, 0.05) is 18.3 Å². The Morgan fingerprint density at radius 1 is 1.35 bits per heavy atom. The molecule has 0 saturated carbocycles. The van der Waals surface area contributed by atoms with Crippen LogP contribution in [0.25, 0.3) is 11.4 Å². The van der Waals surface area contributed by atoms with Crippen molar-refractivity contribution in [1.82, 2.24) is 9.55 Å². The third-order valence-corrected chi connectivity index (χ3v) is 2.83. The Balaban J connectivity index is 2.49. The summed E-state index contributed by atoms with van der Waals surface area (Å²) in [6.45, 7) is 1.92. The van der Waals surface area contributed by atoms with Gasteiger partial charge in [-0.1, -0.05) is 0 Å². The van der Waals surface area contributed by atoms with Gasteiger partial charge < -0.3 is 4.57 Å². The molecular formula is C13H12FN3. The van der Waals surface area contributed by atoms with E-state index in [0.29, 0.717) is 6.42 Å². The average Bonchev–Trinajstić information content (AvgIpc) is 2.59. The standard InChI is InChI=1S/C13H12FN3/c1-9-12(7-8-15)16-13(17(9)2)10-3-5-11(14)6-4-10/h3-6H,7H2,1-2H3. The second-order valence-corrected chi connectivity index (χ2v) is 3.87. The van der Waals surface area contributed by atoms with E-state index in [2.05, 4.69) is 11.1 Å². The van der Waals surface area contributed by atoms with Gasteiger partial charge in [0.25, 0.3) is 0 Å². The molecule has 0 radical (unpaired) electrons. The van der Waals surface area contributed by atoms with Crippen LogP contribution in [0.15, 0.2) is 24.3 Å². The number of nitrogens with zero attached hydrogens (tertiary/aromatic N) is 3. The molecule has 17 heavy (non-hydrogen) atoms. The van der Waals surface area contributed by atoms with Crippen LogP contribution in [-0.2, 0) is 13.5 Å². The van der Waals surface area contributed by atoms with Gasteiger partial charge in [-0.25, -0.2) is 9.37 Å². The zero-order chi connectivity index (χ0) is 12.4. The summed E-state index contributed by atoms with van der Waals surface area (Å²) in [5.41, 5.74) is 2.58. The summed E-state index contributed by atoms with van der Waals surface area (Å²) in [5.74, 6) is 0.490. The highest BCUT2D eigenvalue weighted by Gasteiger charge is 2.12.